The van der Waals surface area contributed by atoms with E-state index in [0.29, 0.717) is 17.6 Å². The van der Waals surface area contributed by atoms with Crippen molar-refractivity contribution in [3.05, 3.63) is 96.0 Å². The normalized spacial score (nSPS) is 14.3. The zero-order valence-corrected chi connectivity index (χ0v) is 32.4. The van der Waals surface area contributed by atoms with Crippen LogP contribution in [0.1, 0.15) is 53.7 Å². The summed E-state index contributed by atoms with van der Waals surface area (Å²) in [6.07, 6.45) is 4.45. The summed E-state index contributed by atoms with van der Waals surface area (Å²) in [6, 6.07) is 18.3. The molecule has 0 radical (unpaired) electrons. The van der Waals surface area contributed by atoms with E-state index in [1.165, 1.54) is 24.3 Å². The predicted molar refractivity (Wildman–Crippen MR) is 207 cm³/mol. The first kappa shape index (κ1) is 41.1. The molecule has 0 saturated carbocycles. The molecular weight excluding hydrogens is 775 g/mol. The van der Waals surface area contributed by atoms with Crippen LogP contribution in [0.25, 0.3) is 21.9 Å². The molecule has 1 aliphatic rings. The summed E-state index contributed by atoms with van der Waals surface area (Å²) >= 11 is 0. The number of aromatic nitrogens is 1. The Hall–Kier alpha value is -5.05. The third-order valence-corrected chi connectivity index (χ3v) is 11.2. The van der Waals surface area contributed by atoms with Gasteiger partial charge in [0.2, 0.25) is 5.69 Å². The molecule has 4 aromatic rings. The van der Waals surface area contributed by atoms with Gasteiger partial charge in [-0.25, -0.2) is 4.98 Å². The summed E-state index contributed by atoms with van der Waals surface area (Å²) in [5, 5.41) is 8.49. The molecule has 3 aromatic carbocycles. The van der Waals surface area contributed by atoms with Crippen LogP contribution in [-0.2, 0) is 35.8 Å². The number of nitrogens with zero attached hydrogens (tertiary/aromatic N) is 2. The van der Waals surface area contributed by atoms with Crippen molar-refractivity contribution < 1.29 is 53.1 Å². The van der Waals surface area contributed by atoms with Crippen LogP contribution >= 0.6 is 0 Å². The molecule has 1 aliphatic heterocycles. The Kier molecular flexibility index (Phi) is 11.9. The van der Waals surface area contributed by atoms with Crippen molar-refractivity contribution >= 4 is 70.0 Å². The highest BCUT2D eigenvalue weighted by molar-refractivity contribution is 7.86. The summed E-state index contributed by atoms with van der Waals surface area (Å²) in [4.78, 5) is 29.8. The predicted octanol–water partition coefficient (Wildman–Crippen LogP) is 3.80. The number of anilines is 1. The van der Waals surface area contributed by atoms with E-state index in [2.05, 4.69) is 20.9 Å². The summed E-state index contributed by atoms with van der Waals surface area (Å²) in [6.45, 7) is 5.54. The minimum Gasteiger partial charge on any atom is -0.361 e. The number of hydrogen-bond donors (Lipinski definition) is 6. The van der Waals surface area contributed by atoms with Crippen LogP contribution in [0.5, 0.6) is 0 Å². The van der Waals surface area contributed by atoms with E-state index in [4.69, 9.17) is 9.11 Å². The van der Waals surface area contributed by atoms with Crippen molar-refractivity contribution in [2.45, 2.75) is 37.5 Å². The van der Waals surface area contributed by atoms with Crippen LogP contribution in [0.2, 0.25) is 0 Å². The number of rotatable bonds is 15. The van der Waals surface area contributed by atoms with E-state index >= 15 is 0 Å². The number of amides is 2. The first-order valence-electron chi connectivity index (χ1n) is 16.9. The number of fused-ring (bicyclic) bond motifs is 3. The lowest BCUT2D eigenvalue weighted by Crippen LogP contribution is -2.32. The summed E-state index contributed by atoms with van der Waals surface area (Å²) in [5.74, 6) is -3.46. The molecule has 0 aliphatic carbocycles. The lowest BCUT2D eigenvalue weighted by molar-refractivity contribution is -0.437. The van der Waals surface area contributed by atoms with Crippen molar-refractivity contribution in [2.24, 2.45) is 0 Å². The maximum atomic E-state index is 13.1. The Morgan fingerprint density at radius 2 is 1.36 bits per heavy atom. The molecule has 2 amide bonds. The minimum atomic E-state index is -4.83. The van der Waals surface area contributed by atoms with Crippen LogP contribution in [0, 0.1) is 0 Å². The number of benzene rings is 3. The quantitative estimate of drug-likeness (QED) is 0.0739. The zero-order chi connectivity index (χ0) is 40.3. The van der Waals surface area contributed by atoms with Crippen LogP contribution in [0.4, 0.5) is 11.4 Å². The van der Waals surface area contributed by atoms with Gasteiger partial charge in [0.15, 0.2) is 5.71 Å². The van der Waals surface area contributed by atoms with Crippen LogP contribution in [0.15, 0.2) is 83.9 Å². The van der Waals surface area contributed by atoms with E-state index < -0.39 is 72.2 Å². The van der Waals surface area contributed by atoms with Crippen molar-refractivity contribution in [1.82, 2.24) is 15.6 Å². The molecular formula is C36H40N5O11S3+. The van der Waals surface area contributed by atoms with E-state index in [0.717, 1.165) is 23.4 Å². The van der Waals surface area contributed by atoms with Gasteiger partial charge in [-0.15, -0.1) is 0 Å². The summed E-state index contributed by atoms with van der Waals surface area (Å²) in [5.41, 5.74) is 2.17. The third-order valence-electron chi connectivity index (χ3n) is 8.83. The summed E-state index contributed by atoms with van der Waals surface area (Å²) < 4.78 is 102. The van der Waals surface area contributed by atoms with E-state index in [-0.39, 0.29) is 32.8 Å². The van der Waals surface area contributed by atoms with Gasteiger partial charge < -0.3 is 16.0 Å². The molecule has 2 heterocycles. The molecule has 0 atom stereocenters. The second kappa shape index (κ2) is 16.0. The van der Waals surface area contributed by atoms with Gasteiger partial charge in [0.1, 0.15) is 22.8 Å². The van der Waals surface area contributed by atoms with Crippen molar-refractivity contribution in [1.29, 1.82) is 0 Å². The first-order valence-corrected chi connectivity index (χ1v) is 21.6. The molecule has 292 valence electrons. The fourth-order valence-corrected chi connectivity index (χ4v) is 7.88. The highest BCUT2D eigenvalue weighted by atomic mass is 32.2. The highest BCUT2D eigenvalue weighted by Crippen LogP contribution is 2.47. The molecule has 55 heavy (non-hydrogen) atoms. The largest absolute Gasteiger partial charge is 0.361 e. The standard InChI is InChI=1S/C36H39N5O11S3/c1-4-16-41-30-22-31(55(50,51)52)27-19-23(10-11-26(27)33(30)36(2,3)32(41)12-13-37-25-8-6-5-7-9-25)24-20-28(34(42)38-14-17-53(44,45)46)40-29(21-24)35(43)39-15-18-54(47,48)49/h5-13,19-22H,4,14-18H2,1-3H3,(H5,38,39,42,43,44,45,46,47,48,49,50,51,52)/p+1. The second-order valence-electron chi connectivity index (χ2n) is 13.2. The molecule has 0 saturated heterocycles. The van der Waals surface area contributed by atoms with Crippen LogP contribution < -0.4 is 16.0 Å². The number of carbonyl (C=O) groups excluding carboxylic acids is 2. The average molecular weight is 815 g/mol. The summed E-state index contributed by atoms with van der Waals surface area (Å²) in [7, 11) is -13.7. The third kappa shape index (κ3) is 9.80. The SMILES string of the molecule is CCC[N+]1=C(/C=C/Nc2ccccc2)C(C)(C)c2c1cc(S(=O)(=O)O)c1cc(-c3cc(C(=O)NCCS(=O)(=O)O)nc(C(=O)NCCS(=O)(=O)O)c3)ccc21. The fourth-order valence-electron chi connectivity index (χ4n) is 6.45. The molecule has 0 unspecified atom stereocenters. The van der Waals surface area contributed by atoms with Gasteiger partial charge >= 0.3 is 0 Å². The zero-order valence-electron chi connectivity index (χ0n) is 30.0. The van der Waals surface area contributed by atoms with Gasteiger partial charge in [-0.05, 0) is 60.7 Å². The lowest BCUT2D eigenvalue weighted by atomic mass is 9.79. The Morgan fingerprint density at radius 1 is 0.782 bits per heavy atom. The number of allylic oxidation sites excluding steroid dienone is 1. The number of carbonyl (C=O) groups is 2. The number of pyridine rings is 1. The van der Waals surface area contributed by atoms with Gasteiger partial charge in [0, 0.05) is 54.5 Å². The van der Waals surface area contributed by atoms with Gasteiger partial charge in [-0.3, -0.25) is 23.2 Å². The maximum absolute atomic E-state index is 13.1. The van der Waals surface area contributed by atoms with Crippen molar-refractivity contribution in [3.63, 3.8) is 0 Å². The topological polar surface area (TPSA) is 249 Å². The Bertz CT molecular complexity index is 2500. The fraction of sp³-hybridized carbons (Fsp3) is 0.278. The van der Waals surface area contributed by atoms with Gasteiger partial charge in [-0.2, -0.15) is 29.8 Å². The van der Waals surface area contributed by atoms with Crippen LogP contribution in [0.3, 0.4) is 0 Å². The molecule has 5 rings (SSSR count). The van der Waals surface area contributed by atoms with E-state index in [1.807, 2.05) is 61.8 Å². The van der Waals surface area contributed by atoms with E-state index in [9.17, 15) is 39.4 Å². The number of nitrogens with one attached hydrogen (secondary N) is 3. The average Bonchev–Trinajstić information content (AvgIpc) is 3.31. The molecule has 16 nitrogen and oxygen atoms in total. The van der Waals surface area contributed by atoms with Gasteiger partial charge in [-0.1, -0.05) is 37.3 Å². The first-order chi connectivity index (χ1) is 25.7. The number of hydrogen-bond acceptors (Lipinski definition) is 10. The lowest BCUT2D eigenvalue weighted by Gasteiger charge is -2.19. The monoisotopic (exact) mass is 814 g/mol. The smallest absolute Gasteiger partial charge is 0.295 e. The van der Waals surface area contributed by atoms with E-state index in [1.54, 1.807) is 18.3 Å². The Labute approximate surface area is 318 Å². The molecule has 0 spiro atoms. The Morgan fingerprint density at radius 3 is 1.89 bits per heavy atom. The second-order valence-corrected chi connectivity index (χ2v) is 17.8. The molecule has 6 N–H and O–H groups in total. The molecule has 0 bridgehead atoms. The van der Waals surface area contributed by atoms with Gasteiger partial charge in [0.25, 0.3) is 42.2 Å². The molecule has 19 heteroatoms. The maximum Gasteiger partial charge on any atom is 0.295 e. The minimum absolute atomic E-state index is 0.144. The van der Waals surface area contributed by atoms with Crippen molar-refractivity contribution in [3.8, 4) is 11.1 Å². The molecule has 1 aromatic heterocycles. The van der Waals surface area contributed by atoms with Crippen LogP contribution in [-0.4, -0.2) is 97.1 Å². The van der Waals surface area contributed by atoms with Gasteiger partial charge in [0.05, 0.1) is 16.9 Å². The highest BCUT2D eigenvalue weighted by Gasteiger charge is 2.46. The molecule has 0 fully saturated rings. The van der Waals surface area contributed by atoms with Crippen molar-refractivity contribution in [2.75, 3.05) is 36.5 Å². The number of para-hydroxylation sites is 1. The Balaban J connectivity index is 1.64.